The molecule has 1 heterocycles. The molecule has 1 aromatic carbocycles. The van der Waals surface area contributed by atoms with Crippen molar-refractivity contribution in [1.29, 1.82) is 0 Å². The number of ether oxygens (including phenoxy) is 3. The maximum atomic E-state index is 5.59. The van der Waals surface area contributed by atoms with Gasteiger partial charge in [0, 0.05) is 17.6 Å². The molecule has 1 N–H and O–H groups in total. The summed E-state index contributed by atoms with van der Waals surface area (Å²) >= 11 is 3.39. The molecule has 1 fully saturated rings. The predicted molar refractivity (Wildman–Crippen MR) is 73.1 cm³/mol. The molecule has 1 aromatic rings. The smallest absolute Gasteiger partial charge is 0.119 e. The van der Waals surface area contributed by atoms with Crippen molar-refractivity contribution in [3.63, 3.8) is 0 Å². The van der Waals surface area contributed by atoms with Crippen LogP contribution in [0.25, 0.3) is 0 Å². The van der Waals surface area contributed by atoms with Gasteiger partial charge in [-0.2, -0.15) is 0 Å². The maximum Gasteiger partial charge on any atom is 0.119 e. The summed E-state index contributed by atoms with van der Waals surface area (Å²) in [7, 11) is 0. The van der Waals surface area contributed by atoms with E-state index in [1.54, 1.807) is 0 Å². The lowest BCUT2D eigenvalue weighted by atomic mass is 10.3. The number of rotatable bonds is 6. The van der Waals surface area contributed by atoms with Crippen molar-refractivity contribution in [3.05, 3.63) is 28.7 Å². The molecule has 100 valence electrons. The highest BCUT2D eigenvalue weighted by Gasteiger charge is 2.12. The van der Waals surface area contributed by atoms with Gasteiger partial charge in [0.1, 0.15) is 12.4 Å². The number of nitrogens with one attached hydrogen (secondary N) is 1. The minimum absolute atomic E-state index is 0.173. The van der Waals surface area contributed by atoms with Crippen molar-refractivity contribution in [2.75, 3.05) is 39.5 Å². The van der Waals surface area contributed by atoms with Gasteiger partial charge in [0.15, 0.2) is 0 Å². The van der Waals surface area contributed by atoms with Crippen LogP contribution < -0.4 is 10.1 Å². The van der Waals surface area contributed by atoms with E-state index in [-0.39, 0.29) is 6.10 Å². The third kappa shape index (κ3) is 4.94. The Balaban J connectivity index is 1.54. The molecule has 1 atom stereocenters. The molecule has 0 saturated carbocycles. The van der Waals surface area contributed by atoms with E-state index in [0.29, 0.717) is 26.4 Å². The van der Waals surface area contributed by atoms with Crippen LogP contribution in [0.15, 0.2) is 28.7 Å². The molecule has 0 aromatic heterocycles. The van der Waals surface area contributed by atoms with Gasteiger partial charge >= 0.3 is 0 Å². The molecular weight excluding hydrogens is 298 g/mol. The summed E-state index contributed by atoms with van der Waals surface area (Å²) in [5.41, 5.74) is 0. The lowest BCUT2D eigenvalue weighted by Crippen LogP contribution is -2.38. The molecule has 0 radical (unpaired) electrons. The Hall–Kier alpha value is -0.620. The van der Waals surface area contributed by atoms with Crippen molar-refractivity contribution in [3.8, 4) is 5.75 Å². The van der Waals surface area contributed by atoms with Gasteiger partial charge in [-0.15, -0.1) is 0 Å². The summed E-state index contributed by atoms with van der Waals surface area (Å²) in [6.07, 6.45) is 0.173. The summed E-state index contributed by atoms with van der Waals surface area (Å²) < 4.78 is 17.5. The third-order valence-corrected chi connectivity index (χ3v) is 3.15. The summed E-state index contributed by atoms with van der Waals surface area (Å²) in [5.74, 6) is 0.886. The molecule has 5 heteroatoms. The summed E-state index contributed by atoms with van der Waals surface area (Å²) in [5, 5.41) is 3.30. The van der Waals surface area contributed by atoms with Crippen LogP contribution in [-0.2, 0) is 9.47 Å². The first-order chi connectivity index (χ1) is 8.84. The van der Waals surface area contributed by atoms with Crippen LogP contribution in [0.3, 0.4) is 0 Å². The average Bonchev–Trinajstić information content (AvgIpc) is 2.42. The quantitative estimate of drug-likeness (QED) is 0.813. The Kier molecular flexibility index (Phi) is 5.93. The van der Waals surface area contributed by atoms with Crippen molar-refractivity contribution < 1.29 is 14.2 Å². The molecule has 4 nitrogen and oxygen atoms in total. The zero-order chi connectivity index (χ0) is 12.6. The van der Waals surface area contributed by atoms with Gasteiger partial charge in [0.25, 0.3) is 0 Å². The van der Waals surface area contributed by atoms with Gasteiger partial charge in [-0.3, -0.25) is 0 Å². The lowest BCUT2D eigenvalue weighted by molar-refractivity contribution is -0.0864. The lowest BCUT2D eigenvalue weighted by Gasteiger charge is -2.23. The Morgan fingerprint density at radius 3 is 2.83 bits per heavy atom. The Morgan fingerprint density at radius 2 is 2.11 bits per heavy atom. The summed E-state index contributed by atoms with van der Waals surface area (Å²) in [4.78, 5) is 0. The van der Waals surface area contributed by atoms with E-state index in [2.05, 4.69) is 21.2 Å². The molecule has 0 aliphatic carbocycles. The van der Waals surface area contributed by atoms with Crippen LogP contribution in [0.2, 0.25) is 0 Å². The molecule has 0 spiro atoms. The number of hydrogen-bond acceptors (Lipinski definition) is 4. The van der Waals surface area contributed by atoms with Crippen LogP contribution in [0, 0.1) is 0 Å². The van der Waals surface area contributed by atoms with E-state index in [1.807, 2.05) is 24.3 Å². The second-order valence-electron chi connectivity index (χ2n) is 4.07. The first-order valence-electron chi connectivity index (χ1n) is 6.13. The van der Waals surface area contributed by atoms with Crippen LogP contribution in [0.4, 0.5) is 0 Å². The highest BCUT2D eigenvalue weighted by Crippen LogP contribution is 2.15. The van der Waals surface area contributed by atoms with E-state index < -0.39 is 0 Å². The minimum Gasteiger partial charge on any atom is -0.492 e. The second kappa shape index (κ2) is 7.74. The van der Waals surface area contributed by atoms with Crippen molar-refractivity contribution in [1.82, 2.24) is 5.32 Å². The Morgan fingerprint density at radius 1 is 1.28 bits per heavy atom. The fourth-order valence-electron chi connectivity index (χ4n) is 1.69. The largest absolute Gasteiger partial charge is 0.492 e. The average molecular weight is 316 g/mol. The van der Waals surface area contributed by atoms with E-state index in [0.717, 1.165) is 23.3 Å². The van der Waals surface area contributed by atoms with Crippen LogP contribution in [0.5, 0.6) is 5.75 Å². The molecule has 1 saturated heterocycles. The van der Waals surface area contributed by atoms with E-state index in [4.69, 9.17) is 14.2 Å². The Bertz CT molecular complexity index is 339. The highest BCUT2D eigenvalue weighted by atomic mass is 79.9. The molecular formula is C13H18BrNO3. The first-order valence-corrected chi connectivity index (χ1v) is 6.92. The molecule has 18 heavy (non-hydrogen) atoms. The fourth-order valence-corrected chi connectivity index (χ4v) is 1.95. The molecule has 2 rings (SSSR count). The van der Waals surface area contributed by atoms with Crippen LogP contribution in [-0.4, -0.2) is 45.6 Å². The number of benzene rings is 1. The zero-order valence-corrected chi connectivity index (χ0v) is 11.8. The zero-order valence-electron chi connectivity index (χ0n) is 10.2. The fraction of sp³-hybridized carbons (Fsp3) is 0.538. The SMILES string of the molecule is Brc1ccc(OCCNCC2COCCO2)cc1. The van der Waals surface area contributed by atoms with Gasteiger partial charge in [0.05, 0.1) is 25.9 Å². The topological polar surface area (TPSA) is 39.7 Å². The maximum absolute atomic E-state index is 5.59. The van der Waals surface area contributed by atoms with Crippen molar-refractivity contribution in [2.24, 2.45) is 0 Å². The van der Waals surface area contributed by atoms with Gasteiger partial charge in [-0.25, -0.2) is 0 Å². The first kappa shape index (κ1) is 13.8. The van der Waals surface area contributed by atoms with E-state index in [1.165, 1.54) is 0 Å². The van der Waals surface area contributed by atoms with Crippen LogP contribution >= 0.6 is 15.9 Å². The number of hydrogen-bond donors (Lipinski definition) is 1. The molecule has 1 aliphatic rings. The van der Waals surface area contributed by atoms with Crippen molar-refractivity contribution >= 4 is 15.9 Å². The van der Waals surface area contributed by atoms with Gasteiger partial charge in [-0.05, 0) is 24.3 Å². The van der Waals surface area contributed by atoms with Gasteiger partial charge < -0.3 is 19.5 Å². The van der Waals surface area contributed by atoms with E-state index in [9.17, 15) is 0 Å². The molecule has 0 bridgehead atoms. The summed E-state index contributed by atoms with van der Waals surface area (Å²) in [6, 6.07) is 7.83. The summed E-state index contributed by atoms with van der Waals surface area (Å²) in [6.45, 7) is 4.35. The second-order valence-corrected chi connectivity index (χ2v) is 4.99. The third-order valence-electron chi connectivity index (χ3n) is 2.62. The number of halogens is 1. The minimum atomic E-state index is 0.173. The molecule has 0 amide bonds. The Labute approximate surface area is 116 Å². The van der Waals surface area contributed by atoms with Gasteiger partial charge in [-0.1, -0.05) is 15.9 Å². The monoisotopic (exact) mass is 315 g/mol. The standard InChI is InChI=1S/C13H18BrNO3/c14-11-1-3-12(4-2-11)17-6-5-15-9-13-10-16-7-8-18-13/h1-4,13,15H,5-10H2. The van der Waals surface area contributed by atoms with Crippen molar-refractivity contribution in [2.45, 2.75) is 6.10 Å². The predicted octanol–water partition coefficient (Wildman–Crippen LogP) is 1.83. The highest BCUT2D eigenvalue weighted by molar-refractivity contribution is 9.10. The normalized spacial score (nSPS) is 19.7. The van der Waals surface area contributed by atoms with Crippen LogP contribution in [0.1, 0.15) is 0 Å². The van der Waals surface area contributed by atoms with Gasteiger partial charge in [0.2, 0.25) is 0 Å². The molecule has 1 aliphatic heterocycles. The molecule has 1 unspecified atom stereocenters. The van der Waals surface area contributed by atoms with E-state index >= 15 is 0 Å².